The van der Waals surface area contributed by atoms with Gasteiger partial charge in [0, 0.05) is 13.6 Å². The average molecular weight is 704 g/mol. The summed E-state index contributed by atoms with van der Waals surface area (Å²) in [6.45, 7) is 2.49. The Balaban J connectivity index is -0.000000289. The number of guanidine groups is 2. The highest BCUT2D eigenvalue weighted by Crippen LogP contribution is 2.25. The minimum absolute atomic E-state index is 0.0433. The summed E-state index contributed by atoms with van der Waals surface area (Å²) in [5.74, 6) is -3.10. The normalized spacial score (nSPS) is 11.7. The van der Waals surface area contributed by atoms with E-state index < -0.39 is 37.9 Å². The zero-order valence-electron chi connectivity index (χ0n) is 28.5. The summed E-state index contributed by atoms with van der Waals surface area (Å²) in [6, 6.07) is -0.468. The first kappa shape index (κ1) is 50.8. The Labute approximate surface area is 278 Å². The molecule has 0 saturated carbocycles. The minimum Gasteiger partial charge on any atom is -0.480 e. The van der Waals surface area contributed by atoms with E-state index in [9.17, 15) is 14.4 Å². The van der Waals surface area contributed by atoms with Gasteiger partial charge in [-0.15, -0.1) is 0 Å². The van der Waals surface area contributed by atoms with Crippen molar-refractivity contribution in [2.75, 3.05) is 34.2 Å². The van der Waals surface area contributed by atoms with Gasteiger partial charge in [-0.3, -0.25) is 24.9 Å². The van der Waals surface area contributed by atoms with E-state index in [0.29, 0.717) is 25.8 Å². The molecule has 0 bridgehead atoms. The molecule has 0 fully saturated rings. The van der Waals surface area contributed by atoms with E-state index in [2.05, 4.69) is 11.9 Å². The first-order valence-electron chi connectivity index (χ1n) is 15.6. The Kier molecular flexibility index (Phi) is 35.6. The monoisotopic (exact) mass is 703 g/mol. The summed E-state index contributed by atoms with van der Waals surface area (Å²) in [5.41, 5.74) is 15.2. The molecule has 280 valence electrons. The Morgan fingerprint density at radius 1 is 0.745 bits per heavy atom. The average Bonchev–Trinajstić information content (AvgIpc) is 2.92. The Hall–Kier alpha value is -3.02. The van der Waals surface area contributed by atoms with Crippen LogP contribution in [0.2, 0.25) is 0 Å². The highest BCUT2D eigenvalue weighted by atomic mass is 31.2. The number of hydrogen-bond acceptors (Lipinski definition) is 8. The SMILES string of the molecule is CCCCCCCCCCCCCCC(O)C(=O)O.CN(C)C(CCCN=C(N)N)C(=O)O.CN(CC(=O)O)C(=N)N.O=P(O)(O)O. The molecule has 0 aromatic carbocycles. The molecule has 0 radical (unpaired) electrons. The molecular weight excluding hydrogens is 641 g/mol. The van der Waals surface area contributed by atoms with Crippen molar-refractivity contribution in [2.24, 2.45) is 22.2 Å². The number of nitrogens with two attached hydrogens (primary N) is 3. The molecule has 2 atom stereocenters. The maximum atomic E-state index is 10.7. The van der Waals surface area contributed by atoms with Gasteiger partial charge < -0.3 is 57.2 Å². The van der Waals surface area contributed by atoms with Crippen LogP contribution in [-0.2, 0) is 18.9 Å². The van der Waals surface area contributed by atoms with Gasteiger partial charge in [0.25, 0.3) is 0 Å². The minimum atomic E-state index is -4.64. The zero-order chi connectivity index (χ0) is 37.4. The van der Waals surface area contributed by atoms with Crippen molar-refractivity contribution in [1.82, 2.24) is 9.80 Å². The number of aliphatic hydroxyl groups excluding tert-OH is 1. The number of nitrogens with zero attached hydrogens (tertiary/aromatic N) is 3. The van der Waals surface area contributed by atoms with Gasteiger partial charge in [-0.1, -0.05) is 84.0 Å². The topological polar surface area (TPSA) is 331 Å². The van der Waals surface area contributed by atoms with E-state index in [0.717, 1.165) is 17.7 Å². The second kappa shape index (κ2) is 32.9. The van der Waals surface area contributed by atoms with Crippen LogP contribution in [0.4, 0.5) is 0 Å². The van der Waals surface area contributed by atoms with Crippen LogP contribution in [0.1, 0.15) is 103 Å². The van der Waals surface area contributed by atoms with Crippen LogP contribution in [-0.4, -0.2) is 121 Å². The summed E-state index contributed by atoms with van der Waals surface area (Å²) in [7, 11) is 0.273. The maximum absolute atomic E-state index is 10.7. The van der Waals surface area contributed by atoms with Gasteiger partial charge in [0.2, 0.25) is 0 Å². The highest BCUT2D eigenvalue weighted by molar-refractivity contribution is 7.45. The lowest BCUT2D eigenvalue weighted by molar-refractivity contribution is -0.147. The van der Waals surface area contributed by atoms with E-state index in [1.165, 1.54) is 71.3 Å². The third-order valence-electron chi connectivity index (χ3n) is 6.24. The van der Waals surface area contributed by atoms with Crippen LogP contribution in [0.25, 0.3) is 0 Å². The molecule has 14 N–H and O–H groups in total. The van der Waals surface area contributed by atoms with Gasteiger partial charge in [-0.25, -0.2) is 9.36 Å². The molecule has 0 amide bonds. The third-order valence-corrected chi connectivity index (χ3v) is 6.24. The molecule has 18 nitrogen and oxygen atoms in total. The van der Waals surface area contributed by atoms with Gasteiger partial charge in [0.1, 0.15) is 12.6 Å². The van der Waals surface area contributed by atoms with Crippen molar-refractivity contribution >= 4 is 37.6 Å². The molecule has 0 aromatic heterocycles. The molecule has 0 spiro atoms. The third kappa shape index (κ3) is 50.0. The van der Waals surface area contributed by atoms with E-state index >= 15 is 0 Å². The molecule has 47 heavy (non-hydrogen) atoms. The Bertz CT molecular complexity index is 894. The number of carboxylic acid groups (broad SMARTS) is 3. The number of aliphatic imine (C=N–C) groups is 1. The lowest BCUT2D eigenvalue weighted by Gasteiger charge is -2.19. The van der Waals surface area contributed by atoms with E-state index in [1.807, 2.05) is 0 Å². The lowest BCUT2D eigenvalue weighted by atomic mass is 10.0. The molecule has 0 aromatic rings. The summed E-state index contributed by atoms with van der Waals surface area (Å²) >= 11 is 0. The van der Waals surface area contributed by atoms with E-state index in [-0.39, 0.29) is 18.5 Å². The smallest absolute Gasteiger partial charge is 0.466 e. The van der Waals surface area contributed by atoms with Crippen molar-refractivity contribution in [3.8, 4) is 0 Å². The van der Waals surface area contributed by atoms with Gasteiger partial charge >= 0.3 is 25.7 Å². The number of rotatable bonds is 22. The Morgan fingerprint density at radius 3 is 1.43 bits per heavy atom. The fourth-order valence-electron chi connectivity index (χ4n) is 3.69. The summed E-state index contributed by atoms with van der Waals surface area (Å²) in [5, 5.41) is 41.3. The van der Waals surface area contributed by atoms with Gasteiger partial charge in [-0.05, 0) is 33.4 Å². The standard InChI is InChI=1S/C16H32O3.C8H18N4O2.C4H9N3O2.H3O4P/c1-2-3-4-5-6-7-8-9-10-11-12-13-14-15(17)16(18)19;1-12(2)6(7(13)14)4-3-5-11-8(9)10;1-7(4(5)6)2-3(8)9;1-5(2,3)4/h15,17H,2-14H2,1H3,(H,18,19);6H,3-5H2,1-2H3,(H,13,14)(H4,9,10,11);2H2,1H3,(H3,5,6)(H,8,9);(H3,1,2,3,4). The van der Waals surface area contributed by atoms with Gasteiger partial charge in [-0.2, -0.15) is 0 Å². The molecule has 0 aliphatic carbocycles. The largest absolute Gasteiger partial charge is 0.480 e. The number of carbonyl (C=O) groups is 3. The summed E-state index contributed by atoms with van der Waals surface area (Å²) in [4.78, 5) is 59.2. The van der Waals surface area contributed by atoms with Crippen LogP contribution in [0.5, 0.6) is 0 Å². The maximum Gasteiger partial charge on any atom is 0.466 e. The fourth-order valence-corrected chi connectivity index (χ4v) is 3.69. The number of likely N-dealkylation sites (N-methyl/N-ethyl adjacent to an activating group) is 2. The lowest BCUT2D eigenvalue weighted by Crippen LogP contribution is -2.36. The summed E-state index contributed by atoms with van der Waals surface area (Å²) in [6.07, 6.45) is 15.6. The van der Waals surface area contributed by atoms with Gasteiger partial charge in [0.15, 0.2) is 18.0 Å². The molecule has 2 unspecified atom stereocenters. The molecule has 0 aliphatic heterocycles. The summed E-state index contributed by atoms with van der Waals surface area (Å²) < 4.78 is 8.88. The quantitative estimate of drug-likeness (QED) is 0.0329. The molecular formula is C28H62N7O11P. The molecule has 19 heteroatoms. The number of aliphatic carboxylic acids is 3. The number of phosphoric acid groups is 1. The number of nitrogens with one attached hydrogen (secondary N) is 1. The van der Waals surface area contributed by atoms with Crippen molar-refractivity contribution in [1.29, 1.82) is 5.41 Å². The van der Waals surface area contributed by atoms with E-state index in [4.69, 9.17) is 62.3 Å². The number of carboxylic acids is 3. The van der Waals surface area contributed by atoms with Crippen LogP contribution in [0.15, 0.2) is 4.99 Å². The van der Waals surface area contributed by atoms with Crippen LogP contribution < -0.4 is 17.2 Å². The predicted molar refractivity (Wildman–Crippen MR) is 181 cm³/mol. The second-order valence-electron chi connectivity index (χ2n) is 10.9. The molecule has 0 aliphatic rings. The first-order valence-corrected chi connectivity index (χ1v) is 17.1. The zero-order valence-corrected chi connectivity index (χ0v) is 29.4. The fraction of sp³-hybridized carbons (Fsp3) is 0.821. The van der Waals surface area contributed by atoms with Crippen molar-refractivity contribution in [2.45, 2.75) is 115 Å². The Morgan fingerprint density at radius 2 is 1.15 bits per heavy atom. The van der Waals surface area contributed by atoms with Crippen molar-refractivity contribution < 1.29 is 54.1 Å². The highest BCUT2D eigenvalue weighted by Gasteiger charge is 2.18. The number of aliphatic hydroxyl groups is 1. The van der Waals surface area contributed by atoms with E-state index in [1.54, 1.807) is 19.0 Å². The molecule has 0 heterocycles. The first-order chi connectivity index (χ1) is 21.7. The van der Waals surface area contributed by atoms with Crippen molar-refractivity contribution in [3.05, 3.63) is 0 Å². The molecule has 0 rings (SSSR count). The number of hydrogen-bond donors (Lipinski definition) is 11. The van der Waals surface area contributed by atoms with Crippen LogP contribution in [0.3, 0.4) is 0 Å². The van der Waals surface area contributed by atoms with Crippen LogP contribution in [0, 0.1) is 5.41 Å². The van der Waals surface area contributed by atoms with Crippen LogP contribution >= 0.6 is 7.82 Å². The van der Waals surface area contributed by atoms with Gasteiger partial charge in [0.05, 0.1) is 0 Å². The second-order valence-corrected chi connectivity index (χ2v) is 12.0. The van der Waals surface area contributed by atoms with Crippen molar-refractivity contribution in [3.63, 3.8) is 0 Å². The molecule has 0 saturated heterocycles. The number of unbranched alkanes of at least 4 members (excludes halogenated alkanes) is 11. The predicted octanol–water partition coefficient (Wildman–Crippen LogP) is 1.55.